The number of hydrogen-bond donors (Lipinski definition) is 0. The number of pyridine rings is 1. The second-order valence-electron chi connectivity index (χ2n) is 2.75. The Labute approximate surface area is 77.9 Å². The zero-order chi connectivity index (χ0) is 8.55. The first kappa shape index (κ1) is 7.98. The van der Waals surface area contributed by atoms with Crippen molar-refractivity contribution in [2.75, 3.05) is 0 Å². The van der Waals surface area contributed by atoms with E-state index in [4.69, 9.17) is 4.74 Å². The van der Waals surface area contributed by atoms with Crippen LogP contribution < -0.4 is 4.74 Å². The smallest absolute Gasteiger partial charge is 0.214 e. The molecule has 0 radical (unpaired) electrons. The fraction of sp³-hybridized carbons (Fsp3) is 0.375. The molecule has 0 atom stereocenters. The molecule has 0 aromatic carbocycles. The van der Waals surface area contributed by atoms with Gasteiger partial charge in [-0.25, -0.2) is 4.98 Å². The molecule has 4 heteroatoms. The number of ether oxygens (including phenoxy) is 1. The van der Waals surface area contributed by atoms with Crippen LogP contribution in [0.15, 0.2) is 16.7 Å². The van der Waals surface area contributed by atoms with Gasteiger partial charge in [0.2, 0.25) is 5.95 Å². The van der Waals surface area contributed by atoms with Crippen molar-refractivity contribution < 1.29 is 9.13 Å². The molecule has 1 saturated carbocycles. The highest BCUT2D eigenvalue weighted by Crippen LogP contribution is 2.31. The first-order valence-electron chi connectivity index (χ1n) is 3.73. The minimum Gasteiger partial charge on any atom is -0.488 e. The fourth-order valence-electron chi connectivity index (χ4n) is 0.847. The minimum atomic E-state index is -0.495. The first-order chi connectivity index (χ1) is 5.75. The molecule has 64 valence electrons. The first-order valence-corrected chi connectivity index (χ1v) is 4.53. The molecule has 0 aliphatic heterocycles. The van der Waals surface area contributed by atoms with Gasteiger partial charge in [0.05, 0.1) is 16.8 Å². The molecule has 1 aromatic heterocycles. The predicted molar refractivity (Wildman–Crippen MR) is 45.5 cm³/mol. The van der Waals surface area contributed by atoms with Crippen LogP contribution in [0.4, 0.5) is 4.39 Å². The monoisotopic (exact) mass is 231 g/mol. The molecule has 0 spiro atoms. The molecule has 1 aromatic rings. The molecule has 1 aliphatic carbocycles. The standard InChI is InChI=1S/C8H7BrFNO/c9-6-3-8(10)11-4-7(6)12-5-1-2-5/h3-5H,1-2H2. The second-order valence-corrected chi connectivity index (χ2v) is 3.61. The summed E-state index contributed by atoms with van der Waals surface area (Å²) >= 11 is 3.20. The molecule has 1 aliphatic rings. The zero-order valence-corrected chi connectivity index (χ0v) is 7.84. The Hall–Kier alpha value is -0.640. The van der Waals surface area contributed by atoms with Gasteiger partial charge in [-0.2, -0.15) is 4.39 Å². The summed E-state index contributed by atoms with van der Waals surface area (Å²) in [5.41, 5.74) is 0. The van der Waals surface area contributed by atoms with Crippen LogP contribution in [-0.2, 0) is 0 Å². The maximum atomic E-state index is 12.5. The van der Waals surface area contributed by atoms with Crippen molar-refractivity contribution >= 4 is 15.9 Å². The van der Waals surface area contributed by atoms with E-state index in [-0.39, 0.29) is 0 Å². The molecular formula is C8H7BrFNO. The van der Waals surface area contributed by atoms with Gasteiger partial charge < -0.3 is 4.74 Å². The lowest BCUT2D eigenvalue weighted by molar-refractivity contribution is 0.299. The van der Waals surface area contributed by atoms with Crippen molar-refractivity contribution in [3.8, 4) is 5.75 Å². The number of rotatable bonds is 2. The van der Waals surface area contributed by atoms with Crippen molar-refractivity contribution in [1.29, 1.82) is 0 Å². The molecule has 1 fully saturated rings. The van der Waals surface area contributed by atoms with Crippen LogP contribution in [0.1, 0.15) is 12.8 Å². The SMILES string of the molecule is Fc1cc(Br)c(OC2CC2)cn1. The zero-order valence-electron chi connectivity index (χ0n) is 6.26. The predicted octanol–water partition coefficient (Wildman–Crippen LogP) is 2.52. The summed E-state index contributed by atoms with van der Waals surface area (Å²) in [5.74, 6) is 0.129. The average molecular weight is 232 g/mol. The molecule has 0 unspecified atom stereocenters. The van der Waals surface area contributed by atoms with Crippen molar-refractivity contribution in [3.63, 3.8) is 0 Å². The van der Waals surface area contributed by atoms with Crippen LogP contribution in [0.2, 0.25) is 0 Å². The van der Waals surface area contributed by atoms with Crippen molar-refractivity contribution in [2.24, 2.45) is 0 Å². The van der Waals surface area contributed by atoms with Gasteiger partial charge in [-0.05, 0) is 28.8 Å². The minimum absolute atomic E-state index is 0.313. The van der Waals surface area contributed by atoms with Gasteiger partial charge in [0.25, 0.3) is 0 Å². The van der Waals surface area contributed by atoms with E-state index in [2.05, 4.69) is 20.9 Å². The van der Waals surface area contributed by atoms with E-state index in [1.807, 2.05) is 0 Å². The second kappa shape index (κ2) is 3.01. The summed E-state index contributed by atoms with van der Waals surface area (Å²) in [4.78, 5) is 3.50. The maximum absolute atomic E-state index is 12.5. The molecule has 0 saturated heterocycles. The Bertz CT molecular complexity index is 301. The topological polar surface area (TPSA) is 22.1 Å². The van der Waals surface area contributed by atoms with Crippen LogP contribution in [-0.4, -0.2) is 11.1 Å². The third-order valence-corrected chi connectivity index (χ3v) is 2.22. The van der Waals surface area contributed by atoms with Gasteiger partial charge in [0, 0.05) is 6.07 Å². The lowest BCUT2D eigenvalue weighted by atomic mass is 10.4. The van der Waals surface area contributed by atoms with Crippen molar-refractivity contribution in [1.82, 2.24) is 4.98 Å². The summed E-state index contributed by atoms with van der Waals surface area (Å²) in [7, 11) is 0. The number of halogens is 2. The Kier molecular flexibility index (Phi) is 2.00. The lowest BCUT2D eigenvalue weighted by Gasteiger charge is -2.04. The van der Waals surface area contributed by atoms with Gasteiger partial charge in [-0.1, -0.05) is 0 Å². The van der Waals surface area contributed by atoms with Crippen LogP contribution >= 0.6 is 15.9 Å². The average Bonchev–Trinajstić information content (AvgIpc) is 2.79. The largest absolute Gasteiger partial charge is 0.488 e. The van der Waals surface area contributed by atoms with Crippen LogP contribution in [0.5, 0.6) is 5.75 Å². The molecule has 0 bridgehead atoms. The van der Waals surface area contributed by atoms with Crippen LogP contribution in [0.25, 0.3) is 0 Å². The highest BCUT2D eigenvalue weighted by molar-refractivity contribution is 9.10. The van der Waals surface area contributed by atoms with Gasteiger partial charge in [0.15, 0.2) is 5.75 Å². The molecular weight excluding hydrogens is 225 g/mol. The highest BCUT2D eigenvalue weighted by Gasteiger charge is 2.24. The summed E-state index contributed by atoms with van der Waals surface area (Å²) in [6.45, 7) is 0. The number of hydrogen-bond acceptors (Lipinski definition) is 2. The van der Waals surface area contributed by atoms with E-state index in [0.29, 0.717) is 16.3 Å². The summed E-state index contributed by atoms with van der Waals surface area (Å²) in [6.07, 6.45) is 3.89. The lowest BCUT2D eigenvalue weighted by Crippen LogP contribution is -1.97. The number of nitrogens with zero attached hydrogens (tertiary/aromatic N) is 1. The van der Waals surface area contributed by atoms with E-state index in [9.17, 15) is 4.39 Å². The van der Waals surface area contributed by atoms with E-state index in [1.54, 1.807) is 0 Å². The quantitative estimate of drug-likeness (QED) is 0.731. The Morgan fingerprint density at radius 2 is 2.33 bits per heavy atom. The molecule has 12 heavy (non-hydrogen) atoms. The van der Waals surface area contributed by atoms with E-state index in [1.165, 1.54) is 12.3 Å². The maximum Gasteiger partial charge on any atom is 0.214 e. The third kappa shape index (κ3) is 1.75. The number of aromatic nitrogens is 1. The molecule has 0 amide bonds. The van der Waals surface area contributed by atoms with Crippen LogP contribution in [0.3, 0.4) is 0 Å². The van der Waals surface area contributed by atoms with E-state index >= 15 is 0 Å². The van der Waals surface area contributed by atoms with Crippen LogP contribution in [0, 0.1) is 5.95 Å². The van der Waals surface area contributed by atoms with Gasteiger partial charge in [0.1, 0.15) is 0 Å². The van der Waals surface area contributed by atoms with E-state index < -0.39 is 5.95 Å². The Morgan fingerprint density at radius 1 is 1.58 bits per heavy atom. The Morgan fingerprint density at radius 3 is 2.92 bits per heavy atom. The summed E-state index contributed by atoms with van der Waals surface area (Å²) < 4.78 is 18.6. The summed E-state index contributed by atoms with van der Waals surface area (Å²) in [6, 6.07) is 1.30. The highest BCUT2D eigenvalue weighted by atomic mass is 79.9. The van der Waals surface area contributed by atoms with Gasteiger partial charge in [-0.3, -0.25) is 0 Å². The molecule has 2 rings (SSSR count). The Balaban J connectivity index is 2.18. The normalized spacial score (nSPS) is 16.2. The van der Waals surface area contributed by atoms with Crippen molar-refractivity contribution in [2.45, 2.75) is 18.9 Å². The molecule has 0 N–H and O–H groups in total. The van der Waals surface area contributed by atoms with Crippen molar-refractivity contribution in [3.05, 3.63) is 22.7 Å². The van der Waals surface area contributed by atoms with E-state index in [0.717, 1.165) is 12.8 Å². The third-order valence-electron chi connectivity index (χ3n) is 1.60. The molecule has 2 nitrogen and oxygen atoms in total. The molecule has 1 heterocycles. The van der Waals surface area contributed by atoms with Gasteiger partial charge >= 0.3 is 0 Å². The van der Waals surface area contributed by atoms with Gasteiger partial charge in [-0.15, -0.1) is 0 Å². The fourth-order valence-corrected chi connectivity index (χ4v) is 1.23. The summed E-state index contributed by atoms with van der Waals surface area (Å²) in [5, 5.41) is 0.